The highest BCUT2D eigenvalue weighted by molar-refractivity contribution is 6.31. The number of nitriles is 1. The van der Waals surface area contributed by atoms with Gasteiger partial charge in [0, 0.05) is 22.7 Å². The number of hydrogen-bond acceptors (Lipinski definition) is 3. The van der Waals surface area contributed by atoms with Gasteiger partial charge in [-0.1, -0.05) is 24.6 Å². The molecular formula is C19H17ClN2O2. The molecule has 2 aromatic rings. The molecule has 4 nitrogen and oxygen atoms in total. The Morgan fingerprint density at radius 2 is 2.17 bits per heavy atom. The first-order valence-electron chi connectivity index (χ1n) is 7.77. The van der Waals surface area contributed by atoms with Crippen LogP contribution in [0.3, 0.4) is 0 Å². The lowest BCUT2D eigenvalue weighted by atomic mass is 10.2. The minimum Gasteiger partial charge on any atom is -0.461 e. The van der Waals surface area contributed by atoms with Crippen LogP contribution in [-0.2, 0) is 4.79 Å². The minimum atomic E-state index is -0.491. The molecule has 1 aromatic carbocycles. The van der Waals surface area contributed by atoms with Crippen LogP contribution >= 0.6 is 11.6 Å². The van der Waals surface area contributed by atoms with Gasteiger partial charge >= 0.3 is 0 Å². The summed E-state index contributed by atoms with van der Waals surface area (Å²) >= 11 is 6.04. The van der Waals surface area contributed by atoms with E-state index in [2.05, 4.69) is 12.2 Å². The van der Waals surface area contributed by atoms with Crippen molar-refractivity contribution in [1.29, 1.82) is 5.26 Å². The summed E-state index contributed by atoms with van der Waals surface area (Å²) in [4.78, 5) is 12.3. The number of anilines is 1. The average molecular weight is 341 g/mol. The van der Waals surface area contributed by atoms with Gasteiger partial charge in [0.25, 0.3) is 5.91 Å². The van der Waals surface area contributed by atoms with Gasteiger partial charge in [0.05, 0.1) is 0 Å². The van der Waals surface area contributed by atoms with Crippen molar-refractivity contribution in [2.45, 2.75) is 26.2 Å². The third-order valence-electron chi connectivity index (χ3n) is 4.20. The highest BCUT2D eigenvalue weighted by Crippen LogP contribution is 2.47. The van der Waals surface area contributed by atoms with E-state index in [0.717, 1.165) is 17.7 Å². The lowest BCUT2D eigenvalue weighted by molar-refractivity contribution is -0.112. The first kappa shape index (κ1) is 16.4. The minimum absolute atomic E-state index is 0.0172. The van der Waals surface area contributed by atoms with E-state index >= 15 is 0 Å². The largest absolute Gasteiger partial charge is 0.461 e. The normalized spacial score (nSPS) is 19.7. The average Bonchev–Trinajstić information content (AvgIpc) is 3.09. The molecule has 1 heterocycles. The summed E-state index contributed by atoms with van der Waals surface area (Å²) in [6.45, 7) is 4.05. The topological polar surface area (TPSA) is 66.0 Å². The van der Waals surface area contributed by atoms with Gasteiger partial charge in [0.15, 0.2) is 0 Å². The quantitative estimate of drug-likeness (QED) is 0.635. The molecule has 0 bridgehead atoms. The number of amides is 1. The second-order valence-corrected chi connectivity index (χ2v) is 6.55. The highest BCUT2D eigenvalue weighted by atomic mass is 35.5. The van der Waals surface area contributed by atoms with Crippen LogP contribution in [0.4, 0.5) is 5.69 Å². The standard InChI is InChI=1S/C19H17ClN2O2/c1-11-3-4-14(9-17(11)20)22-19(23)13(10-21)8-15-5-6-18(24-15)16-7-12(16)2/h3-6,8-9,12,16H,7H2,1-2H3,(H,22,23)/b13-8+/t12-,16+/m0/s1. The van der Waals surface area contributed by atoms with E-state index in [9.17, 15) is 10.1 Å². The number of halogens is 1. The molecule has 1 N–H and O–H groups in total. The Morgan fingerprint density at radius 3 is 2.79 bits per heavy atom. The van der Waals surface area contributed by atoms with Gasteiger partial charge in [-0.05, 0) is 49.1 Å². The second kappa shape index (κ2) is 6.54. The fourth-order valence-corrected chi connectivity index (χ4v) is 2.70. The van der Waals surface area contributed by atoms with Crippen LogP contribution < -0.4 is 5.32 Å². The smallest absolute Gasteiger partial charge is 0.266 e. The van der Waals surface area contributed by atoms with Gasteiger partial charge in [-0.15, -0.1) is 0 Å². The molecule has 3 rings (SSSR count). The number of nitrogens with one attached hydrogen (secondary N) is 1. The second-order valence-electron chi connectivity index (χ2n) is 6.15. The van der Waals surface area contributed by atoms with Crippen LogP contribution in [0.15, 0.2) is 40.3 Å². The summed E-state index contributed by atoms with van der Waals surface area (Å²) in [7, 11) is 0. The predicted octanol–water partition coefficient (Wildman–Crippen LogP) is 4.91. The molecule has 1 aliphatic carbocycles. The maximum atomic E-state index is 12.3. The molecule has 1 fully saturated rings. The fourth-order valence-electron chi connectivity index (χ4n) is 2.52. The number of carbonyl (C=O) groups excluding carboxylic acids is 1. The molecule has 122 valence electrons. The molecule has 1 amide bonds. The molecular weight excluding hydrogens is 324 g/mol. The zero-order valence-electron chi connectivity index (χ0n) is 13.5. The van der Waals surface area contributed by atoms with Gasteiger partial charge in [-0.3, -0.25) is 4.79 Å². The Morgan fingerprint density at radius 1 is 1.42 bits per heavy atom. The van der Waals surface area contributed by atoms with E-state index in [1.54, 1.807) is 18.2 Å². The summed E-state index contributed by atoms with van der Waals surface area (Å²) in [6.07, 6.45) is 2.58. The van der Waals surface area contributed by atoms with Crippen molar-refractivity contribution < 1.29 is 9.21 Å². The van der Waals surface area contributed by atoms with Crippen LogP contribution in [0.5, 0.6) is 0 Å². The first-order valence-corrected chi connectivity index (χ1v) is 8.14. The van der Waals surface area contributed by atoms with Crippen molar-refractivity contribution in [2.75, 3.05) is 5.32 Å². The van der Waals surface area contributed by atoms with Crippen LogP contribution in [0, 0.1) is 24.2 Å². The van der Waals surface area contributed by atoms with E-state index in [0.29, 0.717) is 28.3 Å². The first-order chi connectivity index (χ1) is 11.5. The maximum absolute atomic E-state index is 12.3. The number of benzene rings is 1. The van der Waals surface area contributed by atoms with Crippen molar-refractivity contribution in [3.05, 3.63) is 58.0 Å². The van der Waals surface area contributed by atoms with Crippen molar-refractivity contribution in [3.8, 4) is 6.07 Å². The molecule has 5 heteroatoms. The summed E-state index contributed by atoms with van der Waals surface area (Å²) in [6, 6.07) is 10.8. The molecule has 0 saturated heterocycles. The summed E-state index contributed by atoms with van der Waals surface area (Å²) in [5, 5.41) is 12.5. The van der Waals surface area contributed by atoms with Crippen molar-refractivity contribution >= 4 is 29.3 Å². The Labute approximate surface area is 145 Å². The van der Waals surface area contributed by atoms with E-state index in [1.165, 1.54) is 6.08 Å². The zero-order chi connectivity index (χ0) is 17.3. The van der Waals surface area contributed by atoms with E-state index < -0.39 is 5.91 Å². The summed E-state index contributed by atoms with van der Waals surface area (Å²) < 4.78 is 5.72. The Bertz CT molecular complexity index is 860. The molecule has 24 heavy (non-hydrogen) atoms. The van der Waals surface area contributed by atoms with E-state index in [1.807, 2.05) is 25.1 Å². The molecule has 1 aromatic heterocycles. The Kier molecular flexibility index (Phi) is 4.46. The number of carbonyl (C=O) groups is 1. The van der Waals surface area contributed by atoms with E-state index in [4.69, 9.17) is 16.0 Å². The maximum Gasteiger partial charge on any atom is 0.266 e. The van der Waals surface area contributed by atoms with Gasteiger partial charge < -0.3 is 9.73 Å². The number of rotatable bonds is 4. The van der Waals surface area contributed by atoms with E-state index in [-0.39, 0.29) is 5.57 Å². The summed E-state index contributed by atoms with van der Waals surface area (Å²) in [5.41, 5.74) is 1.45. The van der Waals surface area contributed by atoms with Gasteiger partial charge in [0.1, 0.15) is 23.2 Å². The lowest BCUT2D eigenvalue weighted by Crippen LogP contribution is -2.13. The molecule has 1 saturated carbocycles. The van der Waals surface area contributed by atoms with Crippen LogP contribution in [-0.4, -0.2) is 5.91 Å². The Hall–Kier alpha value is -2.51. The number of hydrogen-bond donors (Lipinski definition) is 1. The van der Waals surface area contributed by atoms with Crippen LogP contribution in [0.1, 0.15) is 36.3 Å². The molecule has 0 radical (unpaired) electrons. The van der Waals surface area contributed by atoms with Gasteiger partial charge in [-0.2, -0.15) is 5.26 Å². The molecule has 1 aliphatic rings. The van der Waals surface area contributed by atoms with Crippen molar-refractivity contribution in [2.24, 2.45) is 5.92 Å². The third-order valence-corrected chi connectivity index (χ3v) is 4.61. The van der Waals surface area contributed by atoms with Crippen LogP contribution in [0.2, 0.25) is 5.02 Å². The molecule has 0 aliphatic heterocycles. The lowest BCUT2D eigenvalue weighted by Gasteiger charge is -2.06. The molecule has 0 unspecified atom stereocenters. The SMILES string of the molecule is Cc1ccc(NC(=O)/C(C#N)=C/c2ccc([C@@H]3C[C@@H]3C)o2)cc1Cl. The van der Waals surface area contributed by atoms with Crippen LogP contribution in [0.25, 0.3) is 6.08 Å². The summed E-state index contributed by atoms with van der Waals surface area (Å²) in [5.74, 6) is 2.03. The number of furan rings is 1. The monoisotopic (exact) mass is 340 g/mol. The Balaban J connectivity index is 1.75. The number of nitrogens with zero attached hydrogens (tertiary/aromatic N) is 1. The van der Waals surface area contributed by atoms with Gasteiger partial charge in [-0.25, -0.2) is 0 Å². The zero-order valence-corrected chi connectivity index (χ0v) is 14.2. The van der Waals surface area contributed by atoms with Gasteiger partial charge in [0.2, 0.25) is 0 Å². The van der Waals surface area contributed by atoms with Crippen molar-refractivity contribution in [3.63, 3.8) is 0 Å². The fraction of sp³-hybridized carbons (Fsp3) is 0.263. The molecule has 2 atom stereocenters. The third kappa shape index (κ3) is 3.52. The molecule has 0 spiro atoms. The van der Waals surface area contributed by atoms with Crippen molar-refractivity contribution in [1.82, 2.24) is 0 Å². The highest BCUT2D eigenvalue weighted by Gasteiger charge is 2.36. The predicted molar refractivity (Wildman–Crippen MR) is 93.6 cm³/mol. The number of aryl methyl sites for hydroxylation is 1.